The van der Waals surface area contributed by atoms with Crippen molar-refractivity contribution in [3.63, 3.8) is 0 Å². The molecule has 0 saturated carbocycles. The molecule has 1 aromatic heterocycles. The van der Waals surface area contributed by atoms with Crippen LogP contribution in [0.1, 0.15) is 40.0 Å². The second-order valence-corrected chi connectivity index (χ2v) is 5.17. The monoisotopic (exact) mass is 248 g/mol. The maximum absolute atomic E-state index is 4.41. The first-order valence-electron chi connectivity index (χ1n) is 7.04. The van der Waals surface area contributed by atoms with Crippen LogP contribution in [-0.4, -0.2) is 29.6 Å². The molecule has 0 amide bonds. The van der Waals surface area contributed by atoms with Crippen LogP contribution >= 0.6 is 0 Å². The summed E-state index contributed by atoms with van der Waals surface area (Å²) in [5, 5.41) is 3.24. The molecular formula is C14H24N4. The smallest absolute Gasteiger partial charge is 0.134 e. The molecule has 0 aliphatic carbocycles. The van der Waals surface area contributed by atoms with E-state index in [9.17, 15) is 0 Å². The van der Waals surface area contributed by atoms with Gasteiger partial charge in [-0.1, -0.05) is 13.8 Å². The molecule has 1 aromatic rings. The molecule has 4 heteroatoms. The summed E-state index contributed by atoms with van der Waals surface area (Å²) in [5.74, 6) is 1.98. The molecule has 2 heterocycles. The molecule has 1 N–H and O–H groups in total. The summed E-state index contributed by atoms with van der Waals surface area (Å²) in [7, 11) is 0. The van der Waals surface area contributed by atoms with Crippen LogP contribution in [0.15, 0.2) is 12.4 Å². The predicted molar refractivity (Wildman–Crippen MR) is 76.0 cm³/mol. The Hall–Kier alpha value is -1.32. The molecule has 1 aliphatic rings. The minimum absolute atomic E-state index is 0.489. The van der Waals surface area contributed by atoms with Crippen LogP contribution < -0.4 is 10.2 Å². The average molecular weight is 248 g/mol. The Kier molecular flexibility index (Phi) is 4.04. The van der Waals surface area contributed by atoms with Gasteiger partial charge >= 0.3 is 0 Å². The standard InChI is InChI=1S/C14H24N4/c1-4-14(5-2)7-8-18(10-14)13-9-12(15-6-3)16-11-17-13/h9,11H,4-8,10H2,1-3H3,(H,15,16,17). The Bertz CT molecular complexity index is 387. The van der Waals surface area contributed by atoms with E-state index in [0.717, 1.165) is 31.3 Å². The SMILES string of the molecule is CCNc1cc(N2CCC(CC)(CC)C2)ncn1. The molecule has 0 radical (unpaired) electrons. The lowest BCUT2D eigenvalue weighted by molar-refractivity contribution is 0.301. The van der Waals surface area contributed by atoms with E-state index in [4.69, 9.17) is 0 Å². The Morgan fingerprint density at radius 2 is 2.06 bits per heavy atom. The van der Waals surface area contributed by atoms with Gasteiger partial charge in [0, 0.05) is 25.7 Å². The summed E-state index contributed by atoms with van der Waals surface area (Å²) in [6.45, 7) is 9.82. The Labute approximate surface area is 110 Å². The number of nitrogens with zero attached hydrogens (tertiary/aromatic N) is 3. The molecule has 0 spiro atoms. The fourth-order valence-electron chi connectivity index (χ4n) is 2.76. The highest BCUT2D eigenvalue weighted by Crippen LogP contribution is 2.38. The van der Waals surface area contributed by atoms with Gasteiger partial charge in [0.2, 0.25) is 0 Å². The Morgan fingerprint density at radius 1 is 1.28 bits per heavy atom. The van der Waals surface area contributed by atoms with Crippen LogP contribution in [0.4, 0.5) is 11.6 Å². The topological polar surface area (TPSA) is 41.0 Å². The minimum atomic E-state index is 0.489. The lowest BCUT2D eigenvalue weighted by Crippen LogP contribution is -2.26. The molecule has 1 fully saturated rings. The van der Waals surface area contributed by atoms with Crippen molar-refractivity contribution in [3.8, 4) is 0 Å². The van der Waals surface area contributed by atoms with Gasteiger partial charge in [-0.25, -0.2) is 9.97 Å². The van der Waals surface area contributed by atoms with E-state index in [-0.39, 0.29) is 0 Å². The fourth-order valence-corrected chi connectivity index (χ4v) is 2.76. The highest BCUT2D eigenvalue weighted by Gasteiger charge is 2.35. The molecule has 0 unspecified atom stereocenters. The highest BCUT2D eigenvalue weighted by atomic mass is 15.2. The summed E-state index contributed by atoms with van der Waals surface area (Å²) in [4.78, 5) is 11.0. The second-order valence-electron chi connectivity index (χ2n) is 5.17. The van der Waals surface area contributed by atoms with Crippen LogP contribution in [0.2, 0.25) is 0 Å². The molecule has 4 nitrogen and oxygen atoms in total. The molecule has 1 saturated heterocycles. The van der Waals surface area contributed by atoms with Crippen molar-refractivity contribution < 1.29 is 0 Å². The van der Waals surface area contributed by atoms with Crippen molar-refractivity contribution >= 4 is 11.6 Å². The van der Waals surface area contributed by atoms with Gasteiger partial charge in [-0.15, -0.1) is 0 Å². The summed E-state index contributed by atoms with van der Waals surface area (Å²) in [6, 6.07) is 2.06. The van der Waals surface area contributed by atoms with Gasteiger partial charge in [-0.05, 0) is 31.6 Å². The molecule has 18 heavy (non-hydrogen) atoms. The van der Waals surface area contributed by atoms with Crippen molar-refractivity contribution in [2.75, 3.05) is 29.9 Å². The van der Waals surface area contributed by atoms with Gasteiger partial charge in [0.1, 0.15) is 18.0 Å². The first-order valence-corrected chi connectivity index (χ1v) is 7.04. The zero-order valence-electron chi connectivity index (χ0n) is 11.7. The molecule has 100 valence electrons. The lowest BCUT2D eigenvalue weighted by atomic mass is 9.82. The van der Waals surface area contributed by atoms with Crippen LogP contribution in [0, 0.1) is 5.41 Å². The summed E-state index contributed by atoms with van der Waals surface area (Å²) in [5.41, 5.74) is 0.489. The van der Waals surface area contributed by atoms with E-state index < -0.39 is 0 Å². The summed E-state index contributed by atoms with van der Waals surface area (Å²) in [6.07, 6.45) is 5.45. The van der Waals surface area contributed by atoms with E-state index in [2.05, 4.69) is 47.0 Å². The maximum atomic E-state index is 4.41. The molecule has 0 bridgehead atoms. The molecule has 0 atom stereocenters. The molecule has 2 rings (SSSR count). The van der Waals surface area contributed by atoms with Crippen molar-refractivity contribution in [3.05, 3.63) is 12.4 Å². The number of hydrogen-bond donors (Lipinski definition) is 1. The predicted octanol–water partition coefficient (Wildman–Crippen LogP) is 2.92. The van der Waals surface area contributed by atoms with E-state index in [1.165, 1.54) is 19.3 Å². The quantitative estimate of drug-likeness (QED) is 0.870. The largest absolute Gasteiger partial charge is 0.370 e. The molecule has 1 aliphatic heterocycles. The molecular weight excluding hydrogens is 224 g/mol. The van der Waals surface area contributed by atoms with Gasteiger partial charge in [-0.2, -0.15) is 0 Å². The van der Waals surface area contributed by atoms with Crippen LogP contribution in [0.5, 0.6) is 0 Å². The van der Waals surface area contributed by atoms with E-state index in [0.29, 0.717) is 5.41 Å². The van der Waals surface area contributed by atoms with E-state index in [1.807, 2.05) is 0 Å². The Balaban J connectivity index is 2.11. The number of nitrogens with one attached hydrogen (secondary N) is 1. The van der Waals surface area contributed by atoms with E-state index in [1.54, 1.807) is 6.33 Å². The third kappa shape index (κ3) is 2.57. The van der Waals surface area contributed by atoms with Crippen LogP contribution in [0.25, 0.3) is 0 Å². The summed E-state index contributed by atoms with van der Waals surface area (Å²) < 4.78 is 0. The van der Waals surface area contributed by atoms with Crippen LogP contribution in [-0.2, 0) is 0 Å². The first-order chi connectivity index (χ1) is 8.73. The number of aromatic nitrogens is 2. The van der Waals surface area contributed by atoms with Gasteiger partial charge in [0.05, 0.1) is 0 Å². The van der Waals surface area contributed by atoms with Gasteiger partial charge < -0.3 is 10.2 Å². The van der Waals surface area contributed by atoms with Gasteiger partial charge in [0.15, 0.2) is 0 Å². The van der Waals surface area contributed by atoms with Crippen molar-refractivity contribution in [2.45, 2.75) is 40.0 Å². The number of rotatable bonds is 5. The second kappa shape index (κ2) is 5.55. The third-order valence-corrected chi connectivity index (χ3v) is 4.27. The van der Waals surface area contributed by atoms with E-state index >= 15 is 0 Å². The highest BCUT2D eigenvalue weighted by molar-refractivity contribution is 5.49. The van der Waals surface area contributed by atoms with Gasteiger partial charge in [0.25, 0.3) is 0 Å². The zero-order valence-corrected chi connectivity index (χ0v) is 11.7. The van der Waals surface area contributed by atoms with Crippen molar-refractivity contribution in [1.82, 2.24) is 9.97 Å². The third-order valence-electron chi connectivity index (χ3n) is 4.27. The maximum Gasteiger partial charge on any atom is 0.134 e. The first kappa shape index (κ1) is 13.1. The summed E-state index contributed by atoms with van der Waals surface area (Å²) >= 11 is 0. The Morgan fingerprint density at radius 3 is 2.67 bits per heavy atom. The normalized spacial score (nSPS) is 18.1. The lowest BCUT2D eigenvalue weighted by Gasteiger charge is -2.26. The van der Waals surface area contributed by atoms with Crippen molar-refractivity contribution in [2.24, 2.45) is 5.41 Å². The average Bonchev–Trinajstić information content (AvgIpc) is 2.85. The number of anilines is 2. The zero-order chi connectivity index (χ0) is 13.0. The minimum Gasteiger partial charge on any atom is -0.370 e. The number of hydrogen-bond acceptors (Lipinski definition) is 4. The van der Waals surface area contributed by atoms with Crippen molar-refractivity contribution in [1.29, 1.82) is 0 Å². The van der Waals surface area contributed by atoms with Crippen LogP contribution in [0.3, 0.4) is 0 Å². The fraction of sp³-hybridized carbons (Fsp3) is 0.714. The van der Waals surface area contributed by atoms with Gasteiger partial charge in [-0.3, -0.25) is 0 Å². The molecule has 0 aromatic carbocycles.